The molecule has 36 heavy (non-hydrogen) atoms. The summed E-state index contributed by atoms with van der Waals surface area (Å²) in [7, 11) is 0. The van der Waals surface area contributed by atoms with E-state index in [-0.39, 0.29) is 23.7 Å². The second kappa shape index (κ2) is 12.7. The lowest BCUT2D eigenvalue weighted by Gasteiger charge is -2.44. The molecule has 5 atom stereocenters. The maximum Gasteiger partial charge on any atom is 0.303 e. The van der Waals surface area contributed by atoms with Gasteiger partial charge in [0.1, 0.15) is 30.8 Å². The van der Waals surface area contributed by atoms with Crippen molar-refractivity contribution >= 4 is 29.8 Å². The molecule has 0 bridgehead atoms. The van der Waals surface area contributed by atoms with Crippen molar-refractivity contribution in [3.63, 3.8) is 0 Å². The van der Waals surface area contributed by atoms with Gasteiger partial charge in [0.2, 0.25) is 12.4 Å². The first-order valence-corrected chi connectivity index (χ1v) is 10.8. The third-order valence-corrected chi connectivity index (χ3v) is 4.67. The predicted octanol–water partition coefficient (Wildman–Crippen LogP) is 0.917. The highest BCUT2D eigenvalue weighted by Crippen LogP contribution is 2.33. The SMILES string of the molecule is CC(=O)OCc1cc(O)ccc1O[C@@H]1OC(COC(C)=O)[C@@H](OC(C)=O)C(OC(C)=O)C1OC(C)=O. The van der Waals surface area contributed by atoms with Crippen LogP contribution < -0.4 is 4.74 Å². The number of phenols is 1. The summed E-state index contributed by atoms with van der Waals surface area (Å²) in [5.41, 5.74) is 0.234. The molecule has 2 rings (SSSR count). The van der Waals surface area contributed by atoms with Crippen LogP contribution in [0.5, 0.6) is 11.5 Å². The second-order valence-electron chi connectivity index (χ2n) is 7.76. The minimum absolute atomic E-state index is 0.0648. The topological polar surface area (TPSA) is 170 Å². The molecule has 13 nitrogen and oxygen atoms in total. The monoisotopic (exact) mass is 512 g/mol. The van der Waals surface area contributed by atoms with Gasteiger partial charge in [-0.05, 0) is 18.2 Å². The molecule has 1 aromatic carbocycles. The van der Waals surface area contributed by atoms with Crippen LogP contribution in [0.3, 0.4) is 0 Å². The van der Waals surface area contributed by atoms with Crippen LogP contribution in [0.25, 0.3) is 0 Å². The normalized spacial score (nSPS) is 23.1. The van der Waals surface area contributed by atoms with Crippen LogP contribution in [0.4, 0.5) is 0 Å². The van der Waals surface area contributed by atoms with Gasteiger partial charge in [-0.2, -0.15) is 0 Å². The van der Waals surface area contributed by atoms with Gasteiger partial charge in [-0.3, -0.25) is 24.0 Å². The highest BCUT2D eigenvalue weighted by Gasteiger charge is 2.53. The van der Waals surface area contributed by atoms with Crippen molar-refractivity contribution in [2.24, 2.45) is 0 Å². The van der Waals surface area contributed by atoms with E-state index in [1.165, 1.54) is 25.1 Å². The summed E-state index contributed by atoms with van der Waals surface area (Å²) in [5.74, 6) is -3.68. The molecule has 13 heteroatoms. The average Bonchev–Trinajstić information content (AvgIpc) is 2.75. The van der Waals surface area contributed by atoms with E-state index in [0.29, 0.717) is 0 Å². The van der Waals surface area contributed by atoms with Crippen molar-refractivity contribution < 1.29 is 62.2 Å². The molecule has 0 radical (unpaired) electrons. The van der Waals surface area contributed by atoms with Crippen molar-refractivity contribution in [1.29, 1.82) is 0 Å². The Morgan fingerprint density at radius 1 is 0.778 bits per heavy atom. The van der Waals surface area contributed by atoms with Crippen molar-refractivity contribution in [3.8, 4) is 11.5 Å². The summed E-state index contributed by atoms with van der Waals surface area (Å²) in [6, 6.07) is 3.92. The van der Waals surface area contributed by atoms with Crippen LogP contribution >= 0.6 is 0 Å². The van der Waals surface area contributed by atoms with E-state index in [9.17, 15) is 29.1 Å². The largest absolute Gasteiger partial charge is 0.508 e. The zero-order valence-corrected chi connectivity index (χ0v) is 20.4. The summed E-state index contributed by atoms with van der Waals surface area (Å²) < 4.78 is 37.8. The van der Waals surface area contributed by atoms with Crippen LogP contribution in [0, 0.1) is 0 Å². The zero-order chi connectivity index (χ0) is 27.0. The van der Waals surface area contributed by atoms with Gasteiger partial charge in [0.25, 0.3) is 0 Å². The van der Waals surface area contributed by atoms with Crippen molar-refractivity contribution in [1.82, 2.24) is 0 Å². The number of ether oxygens (including phenoxy) is 7. The molecule has 1 heterocycles. The summed E-state index contributed by atoms with van der Waals surface area (Å²) in [6.07, 6.45) is -6.88. The molecule has 1 aliphatic rings. The molecule has 0 spiro atoms. The summed E-state index contributed by atoms with van der Waals surface area (Å²) in [4.78, 5) is 58.3. The smallest absolute Gasteiger partial charge is 0.303 e. The highest BCUT2D eigenvalue weighted by atomic mass is 16.7. The zero-order valence-electron chi connectivity index (χ0n) is 20.4. The Morgan fingerprint density at radius 3 is 1.89 bits per heavy atom. The van der Waals surface area contributed by atoms with Crippen LogP contribution in [0.15, 0.2) is 18.2 Å². The fourth-order valence-electron chi connectivity index (χ4n) is 3.38. The van der Waals surface area contributed by atoms with E-state index in [4.69, 9.17) is 33.2 Å². The number of esters is 5. The Morgan fingerprint density at radius 2 is 1.33 bits per heavy atom. The van der Waals surface area contributed by atoms with Crippen LogP contribution in [0.2, 0.25) is 0 Å². The van der Waals surface area contributed by atoms with Gasteiger partial charge in [0, 0.05) is 40.2 Å². The first-order chi connectivity index (χ1) is 16.9. The number of aromatic hydroxyl groups is 1. The lowest BCUT2D eigenvalue weighted by Crippen LogP contribution is -2.63. The maximum absolute atomic E-state index is 11.9. The third kappa shape index (κ3) is 8.41. The molecule has 0 saturated carbocycles. The molecule has 1 N–H and O–H groups in total. The minimum Gasteiger partial charge on any atom is -0.508 e. The Hall–Kier alpha value is -3.87. The predicted molar refractivity (Wildman–Crippen MR) is 116 cm³/mol. The first kappa shape index (κ1) is 28.4. The Labute approximate surface area is 206 Å². The Bertz CT molecular complexity index is 988. The molecular formula is C23H28O13. The average molecular weight is 512 g/mol. The molecule has 198 valence electrons. The summed E-state index contributed by atoms with van der Waals surface area (Å²) in [6.45, 7) is 4.95. The molecular weight excluding hydrogens is 484 g/mol. The number of carbonyl (C=O) groups is 5. The van der Waals surface area contributed by atoms with Crippen molar-refractivity contribution in [3.05, 3.63) is 23.8 Å². The van der Waals surface area contributed by atoms with Crippen LogP contribution in [-0.4, -0.2) is 72.3 Å². The summed E-state index contributed by atoms with van der Waals surface area (Å²) >= 11 is 0. The number of phenolic OH excluding ortho intramolecular Hbond substituents is 1. The fourth-order valence-corrected chi connectivity index (χ4v) is 3.38. The molecule has 0 aliphatic carbocycles. The van der Waals surface area contributed by atoms with Gasteiger partial charge in [0.15, 0.2) is 12.2 Å². The maximum atomic E-state index is 11.9. The van der Waals surface area contributed by atoms with E-state index < -0.39 is 67.2 Å². The number of carbonyl (C=O) groups excluding carboxylic acids is 5. The molecule has 1 aliphatic heterocycles. The van der Waals surface area contributed by atoms with E-state index in [1.54, 1.807) is 0 Å². The number of benzene rings is 1. The summed E-state index contributed by atoms with van der Waals surface area (Å²) in [5, 5.41) is 9.85. The van der Waals surface area contributed by atoms with Gasteiger partial charge >= 0.3 is 29.8 Å². The van der Waals surface area contributed by atoms with Crippen molar-refractivity contribution in [2.75, 3.05) is 6.61 Å². The molecule has 3 unspecified atom stereocenters. The second-order valence-corrected chi connectivity index (χ2v) is 7.76. The highest BCUT2D eigenvalue weighted by molar-refractivity contribution is 5.69. The fraction of sp³-hybridized carbons (Fsp3) is 0.522. The number of rotatable bonds is 9. The van der Waals surface area contributed by atoms with Crippen LogP contribution in [0.1, 0.15) is 40.2 Å². The number of hydrogen-bond acceptors (Lipinski definition) is 13. The van der Waals surface area contributed by atoms with E-state index >= 15 is 0 Å². The molecule has 1 fully saturated rings. The lowest BCUT2D eigenvalue weighted by molar-refractivity contribution is -0.288. The van der Waals surface area contributed by atoms with E-state index in [1.807, 2.05) is 0 Å². The molecule has 1 aromatic rings. The third-order valence-electron chi connectivity index (χ3n) is 4.67. The Balaban J connectivity index is 2.51. The van der Waals surface area contributed by atoms with Crippen molar-refractivity contribution in [2.45, 2.75) is 71.9 Å². The van der Waals surface area contributed by atoms with Gasteiger partial charge in [-0.15, -0.1) is 0 Å². The lowest BCUT2D eigenvalue weighted by atomic mass is 9.98. The quantitative estimate of drug-likeness (QED) is 0.366. The minimum atomic E-state index is -1.48. The van der Waals surface area contributed by atoms with Gasteiger partial charge in [-0.1, -0.05) is 0 Å². The Kier molecular flexibility index (Phi) is 10.0. The van der Waals surface area contributed by atoms with E-state index in [2.05, 4.69) is 0 Å². The molecule has 0 aromatic heterocycles. The number of hydrogen-bond donors (Lipinski definition) is 1. The van der Waals surface area contributed by atoms with Gasteiger partial charge in [-0.25, -0.2) is 0 Å². The molecule has 1 saturated heterocycles. The van der Waals surface area contributed by atoms with Crippen LogP contribution in [-0.2, 0) is 59.0 Å². The standard InChI is InChI=1S/C23H28O13/c1-11(24)30-9-16-8-17(29)6-7-18(16)35-23-22(34-15(5)28)21(33-14(4)27)20(32-13(3)26)19(36-23)10-31-12(2)25/h6-8,19-23,29H,9-10H2,1-5H3/t19?,20-,21?,22?,23-/m1/s1. The molecule has 0 amide bonds. The van der Waals surface area contributed by atoms with Gasteiger partial charge in [0.05, 0.1) is 0 Å². The van der Waals surface area contributed by atoms with Gasteiger partial charge < -0.3 is 38.3 Å². The van der Waals surface area contributed by atoms with E-state index in [0.717, 1.165) is 27.7 Å². The first-order valence-electron chi connectivity index (χ1n) is 10.8.